The van der Waals surface area contributed by atoms with Gasteiger partial charge in [0.05, 0.1) is 11.9 Å². The Bertz CT molecular complexity index is 672. The molecule has 2 aromatic carbocycles. The molecule has 0 radical (unpaired) electrons. The molecule has 0 fully saturated rings. The highest BCUT2D eigenvalue weighted by atomic mass is 127. The SMILES string of the molecule is CS(=O)(=O)Nc1ccc(I)cc1Oc1ccccc1. The molecule has 0 unspecified atom stereocenters. The van der Waals surface area contributed by atoms with Crippen molar-refractivity contribution in [2.24, 2.45) is 0 Å². The number of hydrogen-bond acceptors (Lipinski definition) is 3. The normalized spacial score (nSPS) is 11.1. The minimum absolute atomic E-state index is 0.423. The van der Waals surface area contributed by atoms with Crippen LogP contribution in [0.15, 0.2) is 48.5 Å². The minimum atomic E-state index is -3.34. The maximum Gasteiger partial charge on any atom is 0.229 e. The number of ether oxygens (including phenoxy) is 1. The molecule has 0 aliphatic heterocycles. The third-order valence-corrected chi connectivity index (χ3v) is 3.47. The number of para-hydroxylation sites is 1. The summed E-state index contributed by atoms with van der Waals surface area (Å²) in [6.45, 7) is 0. The van der Waals surface area contributed by atoms with Crippen molar-refractivity contribution in [3.8, 4) is 11.5 Å². The number of nitrogens with one attached hydrogen (secondary N) is 1. The molecule has 1 N–H and O–H groups in total. The highest BCUT2D eigenvalue weighted by Crippen LogP contribution is 2.31. The first-order valence-corrected chi connectivity index (χ1v) is 8.41. The van der Waals surface area contributed by atoms with Crippen molar-refractivity contribution >= 4 is 38.3 Å². The summed E-state index contributed by atoms with van der Waals surface area (Å²) in [5.41, 5.74) is 0.423. The number of sulfonamides is 1. The lowest BCUT2D eigenvalue weighted by Crippen LogP contribution is -2.10. The van der Waals surface area contributed by atoms with Gasteiger partial charge in [0, 0.05) is 3.57 Å². The highest BCUT2D eigenvalue weighted by molar-refractivity contribution is 14.1. The van der Waals surface area contributed by atoms with Crippen molar-refractivity contribution in [2.45, 2.75) is 0 Å². The van der Waals surface area contributed by atoms with Gasteiger partial charge in [-0.25, -0.2) is 8.42 Å². The van der Waals surface area contributed by atoms with E-state index in [1.807, 2.05) is 36.4 Å². The van der Waals surface area contributed by atoms with Crippen LogP contribution >= 0.6 is 22.6 Å². The van der Waals surface area contributed by atoms with E-state index in [4.69, 9.17) is 4.74 Å². The van der Waals surface area contributed by atoms with Gasteiger partial charge in [0.1, 0.15) is 5.75 Å². The second-order valence-electron chi connectivity index (χ2n) is 3.93. The summed E-state index contributed by atoms with van der Waals surface area (Å²) in [6.07, 6.45) is 1.11. The van der Waals surface area contributed by atoms with Crippen molar-refractivity contribution < 1.29 is 13.2 Å². The molecule has 4 nitrogen and oxygen atoms in total. The van der Waals surface area contributed by atoms with Gasteiger partial charge < -0.3 is 4.74 Å². The maximum absolute atomic E-state index is 11.3. The topological polar surface area (TPSA) is 55.4 Å². The van der Waals surface area contributed by atoms with Crippen molar-refractivity contribution in [3.05, 3.63) is 52.1 Å². The Hall–Kier alpha value is -1.28. The van der Waals surface area contributed by atoms with Gasteiger partial charge in [0.15, 0.2) is 5.75 Å². The fraction of sp³-hybridized carbons (Fsp3) is 0.0769. The zero-order chi connectivity index (χ0) is 13.9. The summed E-state index contributed by atoms with van der Waals surface area (Å²) in [7, 11) is -3.34. The Morgan fingerprint density at radius 2 is 1.79 bits per heavy atom. The number of anilines is 1. The molecule has 0 saturated heterocycles. The fourth-order valence-corrected chi connectivity index (χ4v) is 2.51. The molecule has 19 heavy (non-hydrogen) atoms. The van der Waals surface area contributed by atoms with E-state index in [0.29, 0.717) is 17.2 Å². The molecule has 0 atom stereocenters. The quantitative estimate of drug-likeness (QED) is 0.816. The summed E-state index contributed by atoms with van der Waals surface area (Å²) < 4.78 is 31.7. The maximum atomic E-state index is 11.3. The highest BCUT2D eigenvalue weighted by Gasteiger charge is 2.10. The van der Waals surface area contributed by atoms with Gasteiger partial charge in [-0.1, -0.05) is 18.2 Å². The Balaban J connectivity index is 2.35. The standard InChI is InChI=1S/C13H12INO3S/c1-19(16,17)15-12-8-7-10(14)9-13(12)18-11-5-3-2-4-6-11/h2-9,15H,1H3. The van der Waals surface area contributed by atoms with Crippen LogP contribution in [0.2, 0.25) is 0 Å². The molecule has 0 heterocycles. The van der Waals surface area contributed by atoms with Crippen LogP contribution in [-0.4, -0.2) is 14.7 Å². The molecule has 6 heteroatoms. The lowest BCUT2D eigenvalue weighted by molar-refractivity contribution is 0.484. The third kappa shape index (κ3) is 4.39. The van der Waals surface area contributed by atoms with E-state index in [2.05, 4.69) is 27.3 Å². The van der Waals surface area contributed by atoms with Gasteiger partial charge in [0.2, 0.25) is 10.0 Å². The molecule has 0 bridgehead atoms. The molecule has 100 valence electrons. The molecule has 2 rings (SSSR count). The zero-order valence-electron chi connectivity index (χ0n) is 10.1. The Labute approximate surface area is 126 Å². The van der Waals surface area contributed by atoms with Crippen LogP contribution in [0.4, 0.5) is 5.69 Å². The summed E-state index contributed by atoms with van der Waals surface area (Å²) in [4.78, 5) is 0. The summed E-state index contributed by atoms with van der Waals surface area (Å²) in [5.74, 6) is 1.13. The third-order valence-electron chi connectivity index (χ3n) is 2.21. The Kier molecular flexibility index (Phi) is 4.31. The van der Waals surface area contributed by atoms with Gasteiger partial charge in [-0.05, 0) is 52.9 Å². The second kappa shape index (κ2) is 5.79. The smallest absolute Gasteiger partial charge is 0.229 e. The lowest BCUT2D eigenvalue weighted by Gasteiger charge is -2.12. The molecular weight excluding hydrogens is 377 g/mol. The van der Waals surface area contributed by atoms with Crippen molar-refractivity contribution in [1.29, 1.82) is 0 Å². The first-order chi connectivity index (χ1) is 8.94. The van der Waals surface area contributed by atoms with Crippen LogP contribution in [0.1, 0.15) is 0 Å². The fourth-order valence-electron chi connectivity index (χ4n) is 1.48. The molecule has 2 aromatic rings. The molecule has 0 saturated carbocycles. The van der Waals surface area contributed by atoms with E-state index in [-0.39, 0.29) is 0 Å². The average molecular weight is 389 g/mol. The van der Waals surface area contributed by atoms with Crippen LogP contribution in [0.5, 0.6) is 11.5 Å². The first-order valence-electron chi connectivity index (χ1n) is 5.44. The van der Waals surface area contributed by atoms with Crippen LogP contribution in [0.3, 0.4) is 0 Å². The molecule has 0 amide bonds. The van der Waals surface area contributed by atoms with E-state index in [9.17, 15) is 8.42 Å². The lowest BCUT2D eigenvalue weighted by atomic mass is 10.3. The van der Waals surface area contributed by atoms with Gasteiger partial charge >= 0.3 is 0 Å². The Morgan fingerprint density at radius 1 is 1.11 bits per heavy atom. The van der Waals surface area contributed by atoms with Crippen LogP contribution < -0.4 is 9.46 Å². The van der Waals surface area contributed by atoms with Gasteiger partial charge in [0.25, 0.3) is 0 Å². The predicted octanol–water partition coefficient (Wildman–Crippen LogP) is 3.46. The number of halogens is 1. The molecular formula is C13H12INO3S. The first kappa shape index (κ1) is 14.1. The van der Waals surface area contributed by atoms with Gasteiger partial charge in [-0.15, -0.1) is 0 Å². The molecule has 0 aromatic heterocycles. The van der Waals surface area contributed by atoms with E-state index >= 15 is 0 Å². The van der Waals surface area contributed by atoms with Crippen molar-refractivity contribution in [2.75, 3.05) is 11.0 Å². The van der Waals surface area contributed by atoms with E-state index in [1.165, 1.54) is 0 Å². The van der Waals surface area contributed by atoms with E-state index in [0.717, 1.165) is 9.83 Å². The Morgan fingerprint density at radius 3 is 2.42 bits per heavy atom. The largest absolute Gasteiger partial charge is 0.455 e. The number of hydrogen-bond donors (Lipinski definition) is 1. The van der Waals surface area contributed by atoms with Crippen molar-refractivity contribution in [1.82, 2.24) is 0 Å². The molecule has 0 spiro atoms. The monoisotopic (exact) mass is 389 g/mol. The van der Waals surface area contributed by atoms with Crippen LogP contribution in [-0.2, 0) is 10.0 Å². The predicted molar refractivity (Wildman–Crippen MR) is 84.1 cm³/mol. The van der Waals surface area contributed by atoms with Crippen LogP contribution in [0, 0.1) is 3.57 Å². The van der Waals surface area contributed by atoms with E-state index < -0.39 is 10.0 Å². The summed E-state index contributed by atoms with van der Waals surface area (Å²) in [6, 6.07) is 14.5. The minimum Gasteiger partial charge on any atom is -0.455 e. The molecule has 0 aliphatic rings. The van der Waals surface area contributed by atoms with E-state index in [1.54, 1.807) is 12.1 Å². The van der Waals surface area contributed by atoms with Gasteiger partial charge in [-0.3, -0.25) is 4.72 Å². The van der Waals surface area contributed by atoms with Gasteiger partial charge in [-0.2, -0.15) is 0 Å². The van der Waals surface area contributed by atoms with Crippen molar-refractivity contribution in [3.63, 3.8) is 0 Å². The molecule has 0 aliphatic carbocycles. The average Bonchev–Trinajstić information content (AvgIpc) is 2.32. The number of rotatable bonds is 4. The van der Waals surface area contributed by atoms with Crippen LogP contribution in [0.25, 0.3) is 0 Å². The summed E-state index contributed by atoms with van der Waals surface area (Å²) in [5, 5.41) is 0. The second-order valence-corrected chi connectivity index (χ2v) is 6.92. The summed E-state index contributed by atoms with van der Waals surface area (Å²) >= 11 is 2.14. The number of benzene rings is 2. The zero-order valence-corrected chi connectivity index (χ0v) is 13.1.